The monoisotopic (exact) mass is 1430 g/mol. The van der Waals surface area contributed by atoms with E-state index in [0.717, 1.165) is 200 Å². The first-order valence-electron chi connectivity index (χ1n) is 37.4. The molecule has 4 amide bonds. The van der Waals surface area contributed by atoms with E-state index >= 15 is 0 Å². The summed E-state index contributed by atoms with van der Waals surface area (Å²) in [7, 11) is 4.27. The van der Waals surface area contributed by atoms with E-state index in [1.54, 1.807) is 27.8 Å². The molecular formula is C80H98N14O11. The Balaban J connectivity index is 0.000000133. The van der Waals surface area contributed by atoms with Gasteiger partial charge in [-0.1, -0.05) is 36.4 Å². The average molecular weight is 1430 g/mol. The molecule has 3 atom stereocenters. The van der Waals surface area contributed by atoms with Gasteiger partial charge in [-0.3, -0.25) is 29.0 Å². The molecule has 7 aliphatic rings. The summed E-state index contributed by atoms with van der Waals surface area (Å²) >= 11 is 0. The number of anilines is 3. The number of pyridine rings is 1. The number of amides is 4. The van der Waals surface area contributed by atoms with Crippen LogP contribution in [-0.2, 0) is 91.4 Å². The highest BCUT2D eigenvalue weighted by Gasteiger charge is 2.49. The summed E-state index contributed by atoms with van der Waals surface area (Å²) in [5, 5.41) is 7.29. The van der Waals surface area contributed by atoms with Crippen LogP contribution in [0.1, 0.15) is 138 Å². The highest BCUT2D eigenvalue weighted by Crippen LogP contribution is 2.44. The lowest BCUT2D eigenvalue weighted by Gasteiger charge is -2.55. The Kier molecular flexibility index (Phi) is 21.4. The highest BCUT2D eigenvalue weighted by molar-refractivity contribution is 5.98. The lowest BCUT2D eigenvalue weighted by molar-refractivity contribution is -0.189. The quantitative estimate of drug-likeness (QED) is 0.0832. The van der Waals surface area contributed by atoms with Crippen molar-refractivity contribution in [1.29, 1.82) is 0 Å². The molecule has 105 heavy (non-hydrogen) atoms. The number of aromatic nitrogens is 9. The molecule has 3 saturated heterocycles. The van der Waals surface area contributed by atoms with Crippen molar-refractivity contribution in [2.24, 2.45) is 11.3 Å². The van der Waals surface area contributed by atoms with Gasteiger partial charge in [0.25, 0.3) is 0 Å². The number of nitrogens with one attached hydrogen (secondary N) is 1. The van der Waals surface area contributed by atoms with Crippen LogP contribution in [0.5, 0.6) is 5.88 Å². The van der Waals surface area contributed by atoms with Crippen molar-refractivity contribution in [3.63, 3.8) is 0 Å². The van der Waals surface area contributed by atoms with Crippen LogP contribution in [-0.4, -0.2) is 176 Å². The van der Waals surface area contributed by atoms with E-state index in [0.29, 0.717) is 43.9 Å². The number of imidazole rings is 3. The van der Waals surface area contributed by atoms with Crippen LogP contribution in [0.2, 0.25) is 0 Å². The number of Topliss-reactive ketones (excluding diaryl/α,β-unsaturated/α-hetero) is 1. The second-order valence-corrected chi connectivity index (χ2v) is 29.8. The van der Waals surface area contributed by atoms with Gasteiger partial charge in [0, 0.05) is 123 Å². The van der Waals surface area contributed by atoms with E-state index in [1.165, 1.54) is 26.9 Å². The summed E-state index contributed by atoms with van der Waals surface area (Å²) in [6.45, 7) is 19.8. The third-order valence-electron chi connectivity index (χ3n) is 22.1. The van der Waals surface area contributed by atoms with Gasteiger partial charge in [0.2, 0.25) is 11.8 Å². The van der Waals surface area contributed by atoms with Crippen molar-refractivity contribution in [2.75, 3.05) is 82.1 Å². The molecule has 1 N–H and O–H groups in total. The number of nitrogens with zero attached hydrogens (tertiary/aromatic N) is 13. The molecule has 0 unspecified atom stereocenters. The number of fused-ring (bicyclic) bond motifs is 9. The average Bonchev–Trinajstić information content (AvgIpc) is 1.68. The number of benzene rings is 4. The Morgan fingerprint density at radius 1 is 0.581 bits per heavy atom. The molecule has 25 heteroatoms. The number of carbonyl (C=O) groups excluding carboxylic acids is 5. The fourth-order valence-electron chi connectivity index (χ4n) is 16.6. The summed E-state index contributed by atoms with van der Waals surface area (Å²) in [6.07, 6.45) is 13.5. The third kappa shape index (κ3) is 15.0. The van der Waals surface area contributed by atoms with Gasteiger partial charge in [0.05, 0.1) is 116 Å². The smallest absolute Gasteiger partial charge is 0.414 e. The van der Waals surface area contributed by atoms with E-state index in [-0.39, 0.29) is 78.7 Å². The van der Waals surface area contributed by atoms with Crippen LogP contribution in [0.3, 0.4) is 0 Å². The zero-order chi connectivity index (χ0) is 73.2. The first-order chi connectivity index (χ1) is 50.9. The highest BCUT2D eigenvalue weighted by atomic mass is 16.6. The summed E-state index contributed by atoms with van der Waals surface area (Å²) in [5.74, 6) is 3.84. The van der Waals surface area contributed by atoms with Gasteiger partial charge in [-0.15, -0.1) is 0 Å². The maximum Gasteiger partial charge on any atom is 0.414 e. The van der Waals surface area contributed by atoms with Crippen molar-refractivity contribution in [3.8, 4) is 5.88 Å². The molecule has 25 nitrogen and oxygen atoms in total. The van der Waals surface area contributed by atoms with Crippen LogP contribution in [0.25, 0.3) is 33.1 Å². The predicted octanol–water partition coefficient (Wildman–Crippen LogP) is 11.8. The van der Waals surface area contributed by atoms with E-state index in [1.807, 2.05) is 78.7 Å². The topological polar surface area (TPSA) is 250 Å². The summed E-state index contributed by atoms with van der Waals surface area (Å²) in [5.41, 5.74) is 14.4. The van der Waals surface area contributed by atoms with E-state index in [2.05, 4.69) is 86.8 Å². The lowest BCUT2D eigenvalue weighted by atomic mass is 9.78. The fraction of sp³-hybridized carbons (Fsp3) is 0.500. The molecule has 9 aromatic rings. The fourth-order valence-corrected chi connectivity index (χ4v) is 16.6. The van der Waals surface area contributed by atoms with Gasteiger partial charge in [-0.2, -0.15) is 5.10 Å². The molecule has 4 aromatic carbocycles. The minimum Gasteiger partial charge on any atom is -0.475 e. The van der Waals surface area contributed by atoms with Crippen molar-refractivity contribution in [2.45, 2.75) is 181 Å². The van der Waals surface area contributed by atoms with Crippen LogP contribution >= 0.6 is 0 Å². The molecule has 1 aliphatic carbocycles. The number of hydrogen-bond donors (Lipinski definition) is 1. The minimum absolute atomic E-state index is 0.0410. The first kappa shape index (κ1) is 72.2. The van der Waals surface area contributed by atoms with Gasteiger partial charge in [-0.25, -0.2) is 34.3 Å². The maximum atomic E-state index is 12.8. The Morgan fingerprint density at radius 3 is 1.67 bits per heavy atom. The Morgan fingerprint density at radius 2 is 1.14 bits per heavy atom. The van der Waals surface area contributed by atoms with Gasteiger partial charge >= 0.3 is 18.3 Å². The zero-order valence-electron chi connectivity index (χ0n) is 61.9. The zero-order valence-corrected chi connectivity index (χ0v) is 61.9. The molecule has 0 bridgehead atoms. The molecule has 0 radical (unpaired) electrons. The van der Waals surface area contributed by atoms with Gasteiger partial charge in [0.1, 0.15) is 29.8 Å². The second kappa shape index (κ2) is 31.2. The number of ether oxygens (including phenoxy) is 6. The lowest BCUT2D eigenvalue weighted by Crippen LogP contribution is -2.66. The summed E-state index contributed by atoms with van der Waals surface area (Å²) in [4.78, 5) is 90.4. The normalized spacial score (nSPS) is 20.3. The Labute approximate surface area is 612 Å². The SMILES string of the molecule is COC(=O)N1c2ccc3c(nc(CCn4cccn4)n3CC(=O)NC3COC3)c2CC[C@@H]1C.COC(=O)N1c2ccc3c(nc(Cc4cccc(OC(C)C)n4)n3C3CCC(C(C)=O)CC3)c2CC[C@@H]1C.COC(=O)N1c2ccc3c(nc(Cc4ccccc4)n3CCN3CC4(COC4)C3)c2CC[C@@H]1C. The Bertz CT molecular complexity index is 4640. The van der Waals surface area contributed by atoms with Gasteiger partial charge in [-0.05, 0) is 160 Å². The summed E-state index contributed by atoms with van der Waals surface area (Å²) < 4.78 is 40.3. The van der Waals surface area contributed by atoms with Crippen molar-refractivity contribution in [1.82, 2.24) is 53.6 Å². The second-order valence-electron chi connectivity index (χ2n) is 29.8. The van der Waals surface area contributed by atoms with Crippen molar-refractivity contribution >= 4 is 80.1 Å². The number of methoxy groups -OCH3 is 3. The number of carbonyl (C=O) groups is 5. The third-order valence-corrected chi connectivity index (χ3v) is 22.1. The predicted molar refractivity (Wildman–Crippen MR) is 399 cm³/mol. The number of hydrogen-bond acceptors (Lipinski definition) is 17. The van der Waals surface area contributed by atoms with Crippen LogP contribution in [0.4, 0.5) is 31.4 Å². The molecule has 554 valence electrons. The molecule has 16 rings (SSSR count). The molecule has 1 spiro atoms. The van der Waals surface area contributed by atoms with E-state index < -0.39 is 0 Å². The van der Waals surface area contributed by atoms with E-state index in [9.17, 15) is 24.0 Å². The first-order valence-corrected chi connectivity index (χ1v) is 37.4. The molecular weight excluding hydrogens is 1330 g/mol. The Hall–Kier alpha value is -9.72. The van der Waals surface area contributed by atoms with Gasteiger partial charge < -0.3 is 52.3 Å². The minimum atomic E-state index is -0.372. The van der Waals surface area contributed by atoms with Crippen LogP contribution < -0.4 is 24.8 Å². The molecule has 1 saturated carbocycles. The molecule has 11 heterocycles. The number of rotatable bonds is 17. The van der Waals surface area contributed by atoms with Gasteiger partial charge in [0.15, 0.2) is 0 Å². The number of ketones is 1. The molecule has 6 aliphatic heterocycles. The standard InChI is InChI=1S/C30H38N4O4.C27H32N4O3.C23H28N6O4/c1-18(2)38-28-8-6-7-22(31-28)17-27-32-29-24-14-9-19(3)33(30(36)37-5)25(24)15-16-26(29)34(27)23-12-10-21(11-13-23)20(4)35;1-19-8-9-21-22(31(19)26(32)33-2)10-11-23-25(21)28-24(14-20-6-4-3-5-7-20)30(23)13-12-29-15-27(16-29)17-34-18-27;1-15-4-5-17-18(29(15)23(31)32-2)6-7-19-22(17)26-20(8-11-27-10-3-9-24-27)28(19)12-21(30)25-16-13-33-14-16/h6-8,15-16,18-19,21,23H,9-14,17H2,1-5H3;3-7,10-11,19H,8-9,12-18H2,1-2H3;3,6-7,9-10,15-16H,4-5,8,11-14H2,1-2H3,(H,25,30)/t19-,21?,23?;19-;15-/m000/s1. The summed E-state index contributed by atoms with van der Waals surface area (Å²) in [6, 6.07) is 31.1. The largest absolute Gasteiger partial charge is 0.475 e. The van der Waals surface area contributed by atoms with Crippen LogP contribution in [0, 0.1) is 11.3 Å². The maximum absolute atomic E-state index is 12.8. The molecule has 4 fully saturated rings. The van der Waals surface area contributed by atoms with E-state index in [4.69, 9.17) is 48.4 Å². The number of aryl methyl sites for hydroxylation is 5. The number of likely N-dealkylation sites (tertiary alicyclic amines) is 1. The van der Waals surface area contributed by atoms with Crippen LogP contribution in [0.15, 0.2) is 103 Å². The van der Waals surface area contributed by atoms with Crippen molar-refractivity contribution < 1.29 is 52.4 Å². The molecule has 5 aromatic heterocycles. The van der Waals surface area contributed by atoms with Crippen molar-refractivity contribution in [3.05, 3.63) is 149 Å².